The van der Waals surface area contributed by atoms with Gasteiger partial charge < -0.3 is 20.4 Å². The highest BCUT2D eigenvalue weighted by Crippen LogP contribution is 2.40. The number of anilines is 1. The monoisotopic (exact) mass is 443 g/mol. The van der Waals surface area contributed by atoms with Gasteiger partial charge in [0.2, 0.25) is 0 Å². The van der Waals surface area contributed by atoms with Crippen molar-refractivity contribution >= 4 is 39.4 Å². The molecule has 0 aliphatic heterocycles. The van der Waals surface area contributed by atoms with E-state index in [0.29, 0.717) is 28.8 Å². The van der Waals surface area contributed by atoms with Gasteiger partial charge in [0.1, 0.15) is 17.4 Å². The fourth-order valence-corrected chi connectivity index (χ4v) is 4.27. The first-order valence-electron chi connectivity index (χ1n) is 11.3. The predicted octanol–water partition coefficient (Wildman–Crippen LogP) is 4.40. The van der Waals surface area contributed by atoms with Gasteiger partial charge in [-0.05, 0) is 51.3 Å². The Kier molecular flexibility index (Phi) is 4.53. The Balaban J connectivity index is 1.67. The zero-order chi connectivity index (χ0) is 24.2. The molecule has 1 amide bonds. The molecule has 2 atom stereocenters. The van der Waals surface area contributed by atoms with Gasteiger partial charge in [0.25, 0.3) is 0 Å². The summed E-state index contributed by atoms with van der Waals surface area (Å²) >= 11 is 0. The number of carbonyl (C=O) groups excluding carboxylic acids is 1. The lowest BCUT2D eigenvalue weighted by molar-refractivity contribution is 0.0504. The van der Waals surface area contributed by atoms with Crippen molar-refractivity contribution in [3.8, 4) is 5.69 Å². The quantitative estimate of drug-likeness (QED) is 0.475. The summed E-state index contributed by atoms with van der Waals surface area (Å²) in [5.41, 5.74) is 10.6. The van der Waals surface area contributed by atoms with Gasteiger partial charge in [-0.2, -0.15) is 0 Å². The third-order valence-electron chi connectivity index (χ3n) is 5.51. The van der Waals surface area contributed by atoms with Gasteiger partial charge in [-0.3, -0.25) is 4.98 Å². The van der Waals surface area contributed by atoms with Crippen LogP contribution in [0.15, 0.2) is 49.4 Å². The second-order valence-corrected chi connectivity index (χ2v) is 9.17. The number of aromatic nitrogens is 4. The van der Waals surface area contributed by atoms with Crippen LogP contribution in [0.4, 0.5) is 10.6 Å². The van der Waals surface area contributed by atoms with Crippen molar-refractivity contribution in [2.45, 2.75) is 45.2 Å². The van der Waals surface area contributed by atoms with Crippen molar-refractivity contribution in [1.82, 2.24) is 24.8 Å². The van der Waals surface area contributed by atoms with Gasteiger partial charge in [-0.15, -0.1) is 0 Å². The smallest absolute Gasteiger partial charge is 0.407 e. The molecule has 1 unspecified atom stereocenters. The lowest BCUT2D eigenvalue weighted by Crippen LogP contribution is -2.41. The van der Waals surface area contributed by atoms with Crippen molar-refractivity contribution in [1.29, 1.82) is 0 Å². The zero-order valence-electron chi connectivity index (χ0n) is 19.8. The number of benzene rings is 1. The first-order valence-corrected chi connectivity index (χ1v) is 10.7. The van der Waals surface area contributed by atoms with E-state index in [1.165, 1.54) is 6.33 Å². The van der Waals surface area contributed by atoms with E-state index in [9.17, 15) is 4.79 Å². The predicted molar refractivity (Wildman–Crippen MR) is 129 cm³/mol. The van der Waals surface area contributed by atoms with Crippen LogP contribution in [0.5, 0.6) is 0 Å². The van der Waals surface area contributed by atoms with Crippen LogP contribution in [-0.2, 0) is 11.1 Å². The van der Waals surface area contributed by atoms with Crippen LogP contribution in [0.3, 0.4) is 0 Å². The van der Waals surface area contributed by atoms with E-state index in [4.69, 9.17) is 11.8 Å². The topological polar surface area (TPSA) is 108 Å². The summed E-state index contributed by atoms with van der Waals surface area (Å²) < 4.78 is 16.4. The molecule has 168 valence electrons. The van der Waals surface area contributed by atoms with Crippen LogP contribution in [0, 0.1) is 0 Å². The molecule has 1 aliphatic carbocycles. The number of rotatable bonds is 2. The van der Waals surface area contributed by atoms with Crippen LogP contribution in [0.25, 0.3) is 33.2 Å². The minimum atomic E-state index is -0.806. The summed E-state index contributed by atoms with van der Waals surface area (Å²) in [6, 6.07) is 9.34. The van der Waals surface area contributed by atoms with E-state index in [2.05, 4.69) is 26.8 Å². The number of amides is 1. The molecule has 3 N–H and O–H groups in total. The molecule has 0 radical (unpaired) electrons. The third kappa shape index (κ3) is 3.77. The second-order valence-electron chi connectivity index (χ2n) is 9.17. The molecule has 5 rings (SSSR count). The van der Waals surface area contributed by atoms with Gasteiger partial charge in [0.15, 0.2) is 5.82 Å². The second kappa shape index (κ2) is 7.58. The maximum absolute atomic E-state index is 12.5. The fraction of sp³-hybridized carbons (Fsp3) is 0.280. The average Bonchev–Trinajstić information content (AvgIpc) is 3.13. The van der Waals surface area contributed by atoms with Gasteiger partial charge in [0.05, 0.1) is 28.6 Å². The van der Waals surface area contributed by atoms with Crippen LogP contribution < -0.4 is 11.1 Å². The van der Waals surface area contributed by atoms with Crippen molar-refractivity contribution in [2.75, 3.05) is 5.73 Å². The molecule has 4 aromatic rings. The first kappa shape index (κ1) is 19.7. The number of nitrogen functional groups attached to an aromatic ring is 1. The van der Waals surface area contributed by atoms with Gasteiger partial charge in [0, 0.05) is 18.4 Å². The minimum absolute atomic E-state index is 0.296. The average molecular weight is 444 g/mol. The molecule has 8 nitrogen and oxygen atoms in total. The van der Waals surface area contributed by atoms with Crippen LogP contribution in [0.2, 0.25) is 0 Å². The minimum Gasteiger partial charge on any atom is -0.444 e. The van der Waals surface area contributed by atoms with Gasteiger partial charge in [-0.25, -0.2) is 14.8 Å². The summed E-state index contributed by atoms with van der Waals surface area (Å²) in [5.74, 6) is 0.296. The highest BCUT2D eigenvalue weighted by Gasteiger charge is 2.32. The number of para-hydroxylation sites is 1. The number of nitrogens with zero attached hydrogens (tertiary/aromatic N) is 4. The number of nitrogens with one attached hydrogen (secondary N) is 1. The number of fused-ring (bicyclic) bond motifs is 4. The van der Waals surface area contributed by atoms with E-state index in [1.807, 2.05) is 34.9 Å². The molecule has 1 aliphatic rings. The molecule has 3 heterocycles. The summed E-state index contributed by atoms with van der Waals surface area (Å²) in [6.45, 7) is 9.69. The Morgan fingerprint density at radius 3 is 2.88 bits per heavy atom. The molecular weight excluding hydrogens is 416 g/mol. The van der Waals surface area contributed by atoms with E-state index in [0.717, 1.165) is 27.9 Å². The number of hydrogen-bond donors (Lipinski definition) is 2. The van der Waals surface area contributed by atoms with Crippen molar-refractivity contribution in [3.05, 3.63) is 60.7 Å². The van der Waals surface area contributed by atoms with E-state index >= 15 is 0 Å². The lowest BCUT2D eigenvalue weighted by atomic mass is 9.89. The van der Waals surface area contributed by atoms with Crippen LogP contribution >= 0.6 is 0 Å². The van der Waals surface area contributed by atoms with E-state index < -0.39 is 24.1 Å². The highest BCUT2D eigenvalue weighted by molar-refractivity contribution is 5.96. The molecule has 8 heteroatoms. The summed E-state index contributed by atoms with van der Waals surface area (Å²) in [7, 11) is 0. The molecule has 0 saturated carbocycles. The number of carbonyl (C=O) groups is 1. The normalized spacial score (nSPS) is 18.8. The number of hydrogen-bond acceptors (Lipinski definition) is 6. The molecule has 0 bridgehead atoms. The molecule has 0 spiro atoms. The Labute approximate surface area is 192 Å². The van der Waals surface area contributed by atoms with E-state index in [1.54, 1.807) is 27.0 Å². The third-order valence-corrected chi connectivity index (χ3v) is 5.51. The molecule has 1 aromatic carbocycles. The van der Waals surface area contributed by atoms with Crippen molar-refractivity contribution in [3.63, 3.8) is 0 Å². The summed E-state index contributed by atoms with van der Waals surface area (Å²) in [5, 5.41) is 3.81. The summed E-state index contributed by atoms with van der Waals surface area (Å²) in [4.78, 5) is 25.7. The molecule has 0 saturated heterocycles. The largest absolute Gasteiger partial charge is 0.444 e. The molecule has 33 heavy (non-hydrogen) atoms. The van der Waals surface area contributed by atoms with Crippen LogP contribution in [0.1, 0.15) is 39.8 Å². The SMILES string of the molecule is [2H]C1c2c(n(-c3cnc4ccccc4c3)c3c(N)ncnc23)C(=C)C[C@@H]1NC(=O)OC(C)(C)C. The Bertz CT molecular complexity index is 1460. The fourth-order valence-electron chi connectivity index (χ4n) is 4.27. The Hall–Kier alpha value is -3.94. The lowest BCUT2D eigenvalue weighted by Gasteiger charge is -2.28. The highest BCUT2D eigenvalue weighted by atomic mass is 16.6. The van der Waals surface area contributed by atoms with Gasteiger partial charge in [-0.1, -0.05) is 24.8 Å². The number of ether oxygens (including phenoxy) is 1. The summed E-state index contributed by atoms with van der Waals surface area (Å²) in [6.07, 6.45) is 2.17. The van der Waals surface area contributed by atoms with Gasteiger partial charge >= 0.3 is 6.09 Å². The van der Waals surface area contributed by atoms with Crippen molar-refractivity contribution in [2.24, 2.45) is 0 Å². The molecule has 0 fully saturated rings. The number of nitrogens with two attached hydrogens (primary N) is 1. The first-order chi connectivity index (χ1) is 16.1. The maximum Gasteiger partial charge on any atom is 0.407 e. The Morgan fingerprint density at radius 1 is 1.30 bits per heavy atom. The molecule has 3 aromatic heterocycles. The van der Waals surface area contributed by atoms with E-state index in [-0.39, 0.29) is 0 Å². The number of alkyl carbamates (subject to hydrolysis) is 1. The van der Waals surface area contributed by atoms with Crippen molar-refractivity contribution < 1.29 is 10.9 Å². The zero-order valence-corrected chi connectivity index (χ0v) is 18.8. The maximum atomic E-state index is 12.5. The van der Waals surface area contributed by atoms with Crippen LogP contribution in [-0.4, -0.2) is 37.3 Å². The molecular formula is C25H26N6O2. The number of pyridine rings is 1. The standard InChI is InChI=1S/C25H26N6O2/c1-14-9-16(30-24(32)33-25(2,3)4)11-18-20-22(23(26)29-13-28-20)31(21(14)18)17-10-15-7-5-6-8-19(15)27-12-17/h5-8,10,12-13,16H,1,9,11H2,2-4H3,(H,30,32)(H2,26,28,29)/t16-/m0/s1/i11D/t11?,16-. The Morgan fingerprint density at radius 2 is 2.09 bits per heavy atom.